The molecule has 0 radical (unpaired) electrons. The number of nitrogens with one attached hydrogen (secondary N) is 1. The fourth-order valence-corrected chi connectivity index (χ4v) is 1.02. The molecule has 0 aliphatic heterocycles. The van der Waals surface area contributed by atoms with Gasteiger partial charge in [-0.25, -0.2) is 0 Å². The Bertz CT molecular complexity index is 474. The molecule has 9 heteroatoms. The summed E-state index contributed by atoms with van der Waals surface area (Å²) in [5, 5.41) is 12.6. The molecule has 0 aliphatic carbocycles. The van der Waals surface area contributed by atoms with E-state index in [4.69, 9.17) is 10.9 Å². The van der Waals surface area contributed by atoms with Gasteiger partial charge >= 0.3 is 6.36 Å². The molecule has 1 aromatic rings. The molecule has 0 saturated carbocycles. The molecule has 0 unspecified atom stereocenters. The number of carbonyl (C=O) groups is 1. The average molecular weight is 263 g/mol. The Balaban J connectivity index is 2.93. The van der Waals surface area contributed by atoms with Crippen molar-refractivity contribution in [3.05, 3.63) is 24.3 Å². The van der Waals surface area contributed by atoms with Gasteiger partial charge < -0.3 is 21.0 Å². The second-order valence-corrected chi connectivity index (χ2v) is 2.98. The summed E-state index contributed by atoms with van der Waals surface area (Å²) in [6, 6.07) is 4.85. The fourth-order valence-electron chi connectivity index (χ4n) is 1.02. The van der Waals surface area contributed by atoms with E-state index in [-0.39, 0.29) is 5.69 Å². The zero-order valence-corrected chi connectivity index (χ0v) is 8.73. The summed E-state index contributed by atoms with van der Waals surface area (Å²) in [4.78, 5) is 11.2. The standard InChI is InChI=1S/C9H8F3N3O3/c10-9(11,12)18-6-4-2-1-3-5(6)14-8(16)7(13)15-17/h1-4,17H,(H2,13,15)(H,14,16). The third-order valence-electron chi connectivity index (χ3n) is 1.70. The third kappa shape index (κ3) is 3.85. The van der Waals surface area contributed by atoms with E-state index in [1.54, 1.807) is 0 Å². The van der Waals surface area contributed by atoms with Crippen LogP contribution < -0.4 is 15.8 Å². The Morgan fingerprint density at radius 1 is 1.39 bits per heavy atom. The van der Waals surface area contributed by atoms with Crippen LogP contribution in [0.5, 0.6) is 5.75 Å². The molecular weight excluding hydrogens is 255 g/mol. The zero-order chi connectivity index (χ0) is 13.8. The molecule has 18 heavy (non-hydrogen) atoms. The molecular formula is C9H8F3N3O3. The van der Waals surface area contributed by atoms with E-state index in [9.17, 15) is 18.0 Å². The number of nitrogens with zero attached hydrogens (tertiary/aromatic N) is 1. The van der Waals surface area contributed by atoms with Crippen molar-refractivity contribution in [2.45, 2.75) is 6.36 Å². The van der Waals surface area contributed by atoms with Gasteiger partial charge in [0.2, 0.25) is 5.84 Å². The SMILES string of the molecule is N/C(=N/O)C(=O)Nc1ccccc1OC(F)(F)F. The summed E-state index contributed by atoms with van der Waals surface area (Å²) < 4.78 is 39.9. The number of nitrogens with two attached hydrogens (primary N) is 1. The number of halogens is 3. The summed E-state index contributed by atoms with van der Waals surface area (Å²) in [6.45, 7) is 0. The van der Waals surface area contributed by atoms with Gasteiger partial charge in [-0.15, -0.1) is 13.2 Å². The van der Waals surface area contributed by atoms with E-state index in [0.717, 1.165) is 6.07 Å². The van der Waals surface area contributed by atoms with E-state index in [0.29, 0.717) is 0 Å². The highest BCUT2D eigenvalue weighted by Crippen LogP contribution is 2.29. The monoisotopic (exact) mass is 263 g/mol. The van der Waals surface area contributed by atoms with E-state index < -0.39 is 23.9 Å². The topological polar surface area (TPSA) is 96.9 Å². The highest BCUT2D eigenvalue weighted by atomic mass is 19.4. The zero-order valence-electron chi connectivity index (χ0n) is 8.73. The number of amidine groups is 1. The van der Waals surface area contributed by atoms with Gasteiger partial charge in [0.05, 0.1) is 5.69 Å². The van der Waals surface area contributed by atoms with Crippen molar-refractivity contribution in [3.63, 3.8) is 0 Å². The number of hydrogen-bond donors (Lipinski definition) is 3. The Labute approximate surface area is 98.8 Å². The Morgan fingerprint density at radius 2 is 2.00 bits per heavy atom. The lowest BCUT2D eigenvalue weighted by atomic mass is 10.3. The molecule has 0 aliphatic rings. The van der Waals surface area contributed by atoms with Gasteiger partial charge in [0.15, 0.2) is 5.75 Å². The first-order valence-corrected chi connectivity index (χ1v) is 4.47. The van der Waals surface area contributed by atoms with Crippen molar-refractivity contribution in [1.29, 1.82) is 0 Å². The van der Waals surface area contributed by atoms with E-state index in [2.05, 4.69) is 9.89 Å². The molecule has 0 aromatic heterocycles. The lowest BCUT2D eigenvalue weighted by Crippen LogP contribution is -2.30. The van der Waals surface area contributed by atoms with E-state index in [1.165, 1.54) is 18.2 Å². The van der Waals surface area contributed by atoms with Gasteiger partial charge in [0.1, 0.15) is 0 Å². The second kappa shape index (κ2) is 5.25. The maximum atomic E-state index is 12.1. The normalized spacial score (nSPS) is 12.1. The number of oxime groups is 1. The van der Waals surface area contributed by atoms with Gasteiger partial charge in [0.25, 0.3) is 5.91 Å². The summed E-state index contributed by atoms with van der Waals surface area (Å²) in [5.41, 5.74) is 4.71. The molecule has 1 amide bonds. The van der Waals surface area contributed by atoms with Crippen molar-refractivity contribution in [3.8, 4) is 5.75 Å². The average Bonchev–Trinajstić information content (AvgIpc) is 2.28. The highest BCUT2D eigenvalue weighted by Gasteiger charge is 2.32. The number of amides is 1. The predicted molar refractivity (Wildman–Crippen MR) is 55.2 cm³/mol. The van der Waals surface area contributed by atoms with Crippen LogP contribution >= 0.6 is 0 Å². The summed E-state index contributed by atoms with van der Waals surface area (Å²) in [5.74, 6) is -2.46. The maximum Gasteiger partial charge on any atom is 0.573 e. The maximum absolute atomic E-state index is 12.1. The van der Waals surface area contributed by atoms with Crippen molar-refractivity contribution in [2.75, 3.05) is 5.32 Å². The van der Waals surface area contributed by atoms with Crippen molar-refractivity contribution < 1.29 is 27.9 Å². The van der Waals surface area contributed by atoms with E-state index >= 15 is 0 Å². The molecule has 0 saturated heterocycles. The molecule has 1 aromatic carbocycles. The third-order valence-corrected chi connectivity index (χ3v) is 1.70. The molecule has 0 bridgehead atoms. The smallest absolute Gasteiger partial charge is 0.409 e. The Morgan fingerprint density at radius 3 is 2.56 bits per heavy atom. The van der Waals surface area contributed by atoms with E-state index in [1.807, 2.05) is 5.32 Å². The van der Waals surface area contributed by atoms with Crippen LogP contribution in [0.15, 0.2) is 29.4 Å². The van der Waals surface area contributed by atoms with Gasteiger partial charge in [-0.2, -0.15) is 0 Å². The van der Waals surface area contributed by atoms with Gasteiger partial charge in [-0.05, 0) is 12.1 Å². The summed E-state index contributed by atoms with van der Waals surface area (Å²) >= 11 is 0. The minimum atomic E-state index is -4.89. The lowest BCUT2D eigenvalue weighted by Gasteiger charge is -2.13. The Kier molecular flexibility index (Phi) is 3.97. The van der Waals surface area contributed by atoms with Crippen LogP contribution in [0.25, 0.3) is 0 Å². The quantitative estimate of drug-likeness (QED) is 0.324. The largest absolute Gasteiger partial charge is 0.573 e. The number of para-hydroxylation sites is 2. The first-order chi connectivity index (χ1) is 8.33. The Hall–Kier alpha value is -2.45. The van der Waals surface area contributed by atoms with Gasteiger partial charge in [0, 0.05) is 0 Å². The summed E-state index contributed by atoms with van der Waals surface area (Å²) in [6.07, 6.45) is -4.89. The van der Waals surface area contributed by atoms with Crippen LogP contribution in [-0.4, -0.2) is 23.3 Å². The van der Waals surface area contributed by atoms with Gasteiger partial charge in [-0.1, -0.05) is 17.3 Å². The van der Waals surface area contributed by atoms with Crippen molar-refractivity contribution in [2.24, 2.45) is 10.9 Å². The van der Waals surface area contributed by atoms with Crippen molar-refractivity contribution in [1.82, 2.24) is 0 Å². The first-order valence-electron chi connectivity index (χ1n) is 4.47. The number of alkyl halides is 3. The number of carbonyl (C=O) groups excluding carboxylic acids is 1. The van der Waals surface area contributed by atoms with Crippen LogP contribution in [0.4, 0.5) is 18.9 Å². The molecule has 0 spiro atoms. The van der Waals surface area contributed by atoms with Crippen LogP contribution in [0.2, 0.25) is 0 Å². The molecule has 4 N–H and O–H groups in total. The second-order valence-electron chi connectivity index (χ2n) is 2.98. The number of rotatable bonds is 2. The van der Waals surface area contributed by atoms with Crippen LogP contribution in [0, 0.1) is 0 Å². The highest BCUT2D eigenvalue weighted by molar-refractivity contribution is 6.41. The summed E-state index contributed by atoms with van der Waals surface area (Å²) in [7, 11) is 0. The first kappa shape index (κ1) is 13.6. The van der Waals surface area contributed by atoms with Gasteiger partial charge in [-0.3, -0.25) is 4.79 Å². The van der Waals surface area contributed by atoms with Crippen LogP contribution in [-0.2, 0) is 4.79 Å². The predicted octanol–water partition coefficient (Wildman–Crippen LogP) is 1.27. The number of benzene rings is 1. The minimum Gasteiger partial charge on any atom is -0.409 e. The number of anilines is 1. The molecule has 6 nitrogen and oxygen atoms in total. The molecule has 0 heterocycles. The fraction of sp³-hybridized carbons (Fsp3) is 0.111. The lowest BCUT2D eigenvalue weighted by molar-refractivity contribution is -0.274. The van der Waals surface area contributed by atoms with Crippen molar-refractivity contribution >= 4 is 17.4 Å². The molecule has 0 atom stereocenters. The van der Waals surface area contributed by atoms with Crippen LogP contribution in [0.3, 0.4) is 0 Å². The number of ether oxygens (including phenoxy) is 1. The molecule has 1 rings (SSSR count). The van der Waals surface area contributed by atoms with Crippen LogP contribution in [0.1, 0.15) is 0 Å². The number of hydrogen-bond acceptors (Lipinski definition) is 4. The molecule has 98 valence electrons. The minimum absolute atomic E-state index is 0.258. The molecule has 0 fully saturated rings.